The minimum Gasteiger partial charge on any atom is -0.497 e. The maximum absolute atomic E-state index is 12.9. The molecule has 0 radical (unpaired) electrons. The highest BCUT2D eigenvalue weighted by Gasteiger charge is 2.33. The van der Waals surface area contributed by atoms with Gasteiger partial charge in [-0.1, -0.05) is 12.1 Å². The topological polar surface area (TPSA) is 76.7 Å². The number of hydrogen-bond acceptors (Lipinski definition) is 6. The van der Waals surface area contributed by atoms with Crippen LogP contribution in [0.2, 0.25) is 0 Å². The number of ether oxygens (including phenoxy) is 2. The van der Waals surface area contributed by atoms with Gasteiger partial charge in [-0.15, -0.1) is 0 Å². The summed E-state index contributed by atoms with van der Waals surface area (Å²) in [6.45, 7) is 0. The number of benzene rings is 2. The number of hydrogen-bond donors (Lipinski definition) is 2. The van der Waals surface area contributed by atoms with Gasteiger partial charge in [-0.25, -0.2) is 0 Å². The summed E-state index contributed by atoms with van der Waals surface area (Å²) in [6.07, 6.45) is 0. The Morgan fingerprint density at radius 2 is 1.11 bits per heavy atom. The zero-order chi connectivity index (χ0) is 20.3. The lowest BCUT2D eigenvalue weighted by atomic mass is 10.1. The number of nitrogens with one attached hydrogen (secondary N) is 2. The van der Waals surface area contributed by atoms with E-state index >= 15 is 0 Å². The standard InChI is InChI=1S/C20H16Br2N2O4/c1-27-13-7-3-5-11(9-13)23-17-15(21)20(26)18(16(22)19(17)25)24-12-6-4-8-14(10-12)28-2/h3-10,23-24H,1-2H3. The average molecular weight is 508 g/mol. The lowest BCUT2D eigenvalue weighted by Crippen LogP contribution is -2.27. The van der Waals surface area contributed by atoms with Crippen LogP contribution in [0.5, 0.6) is 11.5 Å². The van der Waals surface area contributed by atoms with Crippen molar-refractivity contribution in [2.75, 3.05) is 24.9 Å². The van der Waals surface area contributed by atoms with Gasteiger partial charge in [-0.2, -0.15) is 0 Å². The van der Waals surface area contributed by atoms with E-state index in [-0.39, 0.29) is 31.9 Å². The van der Waals surface area contributed by atoms with Crippen LogP contribution in [0.4, 0.5) is 11.4 Å². The van der Waals surface area contributed by atoms with E-state index in [1.54, 1.807) is 62.8 Å². The summed E-state index contributed by atoms with van der Waals surface area (Å²) >= 11 is 6.52. The van der Waals surface area contributed by atoms with Crippen molar-refractivity contribution in [1.82, 2.24) is 0 Å². The number of allylic oxidation sites excluding steroid dienone is 2. The Kier molecular flexibility index (Phi) is 6.21. The highest BCUT2D eigenvalue weighted by Crippen LogP contribution is 2.33. The smallest absolute Gasteiger partial charge is 0.219 e. The number of Topliss-reactive ketones (excluding diaryl/α,β-unsaturated/α-hetero) is 2. The zero-order valence-electron chi connectivity index (χ0n) is 15.0. The molecule has 0 atom stereocenters. The number of anilines is 2. The van der Waals surface area contributed by atoms with Crippen molar-refractivity contribution in [1.29, 1.82) is 0 Å². The van der Waals surface area contributed by atoms with Crippen LogP contribution in [0.3, 0.4) is 0 Å². The molecule has 2 aromatic rings. The van der Waals surface area contributed by atoms with E-state index in [2.05, 4.69) is 42.5 Å². The molecular formula is C20H16Br2N2O4. The second kappa shape index (κ2) is 8.62. The molecule has 0 heterocycles. The van der Waals surface area contributed by atoms with Crippen molar-refractivity contribution in [3.63, 3.8) is 0 Å². The van der Waals surface area contributed by atoms with E-state index in [1.807, 2.05) is 0 Å². The Morgan fingerprint density at radius 1 is 0.714 bits per heavy atom. The minimum absolute atomic E-state index is 0.133. The predicted octanol–water partition coefficient (Wildman–Crippen LogP) is 4.59. The van der Waals surface area contributed by atoms with Gasteiger partial charge < -0.3 is 20.1 Å². The van der Waals surface area contributed by atoms with Gasteiger partial charge in [0.15, 0.2) is 0 Å². The maximum Gasteiger partial charge on any atom is 0.219 e. The molecule has 0 fully saturated rings. The first kappa shape index (κ1) is 20.2. The molecule has 0 saturated carbocycles. The van der Waals surface area contributed by atoms with E-state index in [4.69, 9.17) is 9.47 Å². The van der Waals surface area contributed by atoms with Crippen LogP contribution < -0.4 is 20.1 Å². The first-order valence-corrected chi connectivity index (χ1v) is 9.74. The summed E-state index contributed by atoms with van der Waals surface area (Å²) in [5.41, 5.74) is 1.52. The average Bonchev–Trinajstić information content (AvgIpc) is 2.73. The van der Waals surface area contributed by atoms with Crippen molar-refractivity contribution in [3.05, 3.63) is 68.9 Å². The number of ketones is 2. The molecule has 1 aliphatic rings. The van der Waals surface area contributed by atoms with Crippen LogP contribution >= 0.6 is 31.9 Å². The van der Waals surface area contributed by atoms with Crippen LogP contribution in [0.25, 0.3) is 0 Å². The summed E-state index contributed by atoms with van der Waals surface area (Å²) in [6, 6.07) is 14.1. The highest BCUT2D eigenvalue weighted by atomic mass is 79.9. The van der Waals surface area contributed by atoms with Crippen LogP contribution in [-0.2, 0) is 9.59 Å². The third kappa shape index (κ3) is 4.13. The molecule has 0 amide bonds. The summed E-state index contributed by atoms with van der Waals surface area (Å²) in [4.78, 5) is 25.7. The third-order valence-electron chi connectivity index (χ3n) is 3.97. The predicted molar refractivity (Wildman–Crippen MR) is 115 cm³/mol. The fourth-order valence-corrected chi connectivity index (χ4v) is 3.51. The van der Waals surface area contributed by atoms with Gasteiger partial charge >= 0.3 is 0 Å². The van der Waals surface area contributed by atoms with Gasteiger partial charge in [0.2, 0.25) is 11.6 Å². The summed E-state index contributed by atoms with van der Waals surface area (Å²) in [7, 11) is 3.11. The molecule has 0 spiro atoms. The Hall–Kier alpha value is -2.58. The quantitative estimate of drug-likeness (QED) is 0.557. The molecule has 0 unspecified atom stereocenters. The fourth-order valence-electron chi connectivity index (χ4n) is 2.56. The van der Waals surface area contributed by atoms with Crippen molar-refractivity contribution in [2.24, 2.45) is 0 Å². The van der Waals surface area contributed by atoms with Gasteiger partial charge in [-0.3, -0.25) is 9.59 Å². The molecule has 2 aromatic carbocycles. The van der Waals surface area contributed by atoms with E-state index in [9.17, 15) is 9.59 Å². The molecule has 3 rings (SSSR count). The van der Waals surface area contributed by atoms with Gasteiger partial charge in [0, 0.05) is 23.5 Å². The number of methoxy groups -OCH3 is 2. The molecule has 0 bridgehead atoms. The van der Waals surface area contributed by atoms with Crippen LogP contribution in [-0.4, -0.2) is 25.8 Å². The summed E-state index contributed by atoms with van der Waals surface area (Å²) in [5.74, 6) is 0.539. The van der Waals surface area contributed by atoms with Gasteiger partial charge in [0.05, 0.1) is 23.2 Å². The molecule has 1 aliphatic carbocycles. The zero-order valence-corrected chi connectivity index (χ0v) is 18.2. The molecule has 8 heteroatoms. The molecule has 6 nitrogen and oxygen atoms in total. The lowest BCUT2D eigenvalue weighted by molar-refractivity contribution is -0.115. The highest BCUT2D eigenvalue weighted by molar-refractivity contribution is 9.12. The van der Waals surface area contributed by atoms with E-state index in [1.165, 1.54) is 0 Å². The normalized spacial score (nSPS) is 14.3. The molecular weight excluding hydrogens is 492 g/mol. The second-order valence-electron chi connectivity index (χ2n) is 5.75. The maximum atomic E-state index is 12.9. The largest absolute Gasteiger partial charge is 0.497 e. The molecule has 0 saturated heterocycles. The van der Waals surface area contributed by atoms with E-state index in [0.717, 1.165) is 0 Å². The molecule has 2 N–H and O–H groups in total. The number of carbonyl (C=O) groups excluding carboxylic acids is 2. The number of rotatable bonds is 6. The summed E-state index contributed by atoms with van der Waals surface area (Å²) in [5, 5.41) is 5.98. The number of carbonyl (C=O) groups is 2. The monoisotopic (exact) mass is 506 g/mol. The van der Waals surface area contributed by atoms with E-state index in [0.29, 0.717) is 22.9 Å². The van der Waals surface area contributed by atoms with Gasteiger partial charge in [0.25, 0.3) is 0 Å². The Bertz CT molecular complexity index is 933. The minimum atomic E-state index is -0.361. The van der Waals surface area contributed by atoms with Crippen molar-refractivity contribution in [2.45, 2.75) is 0 Å². The molecule has 28 heavy (non-hydrogen) atoms. The van der Waals surface area contributed by atoms with Crippen LogP contribution in [0.1, 0.15) is 0 Å². The number of halogens is 2. The Labute approximate surface area is 178 Å². The Balaban J connectivity index is 1.89. The second-order valence-corrected chi connectivity index (χ2v) is 7.34. The summed E-state index contributed by atoms with van der Waals surface area (Å²) < 4.78 is 10.6. The lowest BCUT2D eigenvalue weighted by Gasteiger charge is -2.21. The first-order valence-electron chi connectivity index (χ1n) is 8.15. The van der Waals surface area contributed by atoms with Crippen LogP contribution in [0.15, 0.2) is 68.9 Å². The Morgan fingerprint density at radius 3 is 1.46 bits per heavy atom. The first-order chi connectivity index (χ1) is 13.4. The van der Waals surface area contributed by atoms with Crippen LogP contribution in [0, 0.1) is 0 Å². The van der Waals surface area contributed by atoms with Crippen molar-refractivity contribution < 1.29 is 19.1 Å². The van der Waals surface area contributed by atoms with E-state index < -0.39 is 0 Å². The van der Waals surface area contributed by atoms with Gasteiger partial charge in [0.1, 0.15) is 22.9 Å². The fraction of sp³-hybridized carbons (Fsp3) is 0.100. The SMILES string of the molecule is COc1cccc(NC2=C(Br)C(=O)C(Nc3cccc(OC)c3)=C(Br)C2=O)c1. The third-order valence-corrected chi connectivity index (χ3v) is 5.48. The van der Waals surface area contributed by atoms with Crippen molar-refractivity contribution >= 4 is 54.8 Å². The molecule has 0 aromatic heterocycles. The molecule has 0 aliphatic heterocycles. The van der Waals surface area contributed by atoms with Gasteiger partial charge in [-0.05, 0) is 56.1 Å². The van der Waals surface area contributed by atoms with Crippen molar-refractivity contribution in [3.8, 4) is 11.5 Å². The molecule has 144 valence electrons.